The van der Waals surface area contributed by atoms with Crippen LogP contribution >= 0.6 is 11.6 Å². The number of likely N-dealkylation sites (N-methyl/N-ethyl adjacent to an activating group) is 1. The molecule has 1 aromatic carbocycles. The number of rotatable bonds is 16. The number of cyclic esters (lactones) is 1. The molecule has 5 N–H and O–H groups in total. The lowest BCUT2D eigenvalue weighted by Gasteiger charge is -2.50. The number of halogens is 4. The number of hydrogen-bond donors (Lipinski definition) is 5. The maximum atomic E-state index is 14.2. The number of Topliss-reactive ketones (excluding diaryl/α,β-unsaturated/α-hetero) is 1. The van der Waals surface area contributed by atoms with Gasteiger partial charge in [-0.2, -0.15) is 18.3 Å². The zero-order chi connectivity index (χ0) is 68.9. The van der Waals surface area contributed by atoms with Gasteiger partial charge in [0.05, 0.1) is 70.6 Å². The Morgan fingerprint density at radius 3 is 2.05 bits per heavy atom. The first-order valence-electron chi connectivity index (χ1n) is 31.9. The topological polar surface area (TPSA) is 288 Å². The maximum absolute atomic E-state index is 14.2. The average Bonchev–Trinajstić information content (AvgIpc) is 1.52. The van der Waals surface area contributed by atoms with Crippen LogP contribution in [0.2, 0.25) is 5.02 Å². The standard InChI is InChI=1S/C38H69NO13.C15H21ClN6.C12H9F3N2O2/c1-15-26-38(10,45)31(42)21(4)28(40)19(2)17-37(9,47-14)33(52-35-29(41)25(39(11)12)16-20(3)48-35)22(5)30(23(6)34(44)50-26)51-27-18-36(8,46-13)32(43)24(7)49-27;16-14-12-19-22(13-14)7-2-1-6-20-8-10-21(11-9-20)15-17-4-3-5-18-15;1-7-10(6-16-19-7)11(18)17-9-4-2-8(3-5-9)12(13,14)15/h19-27,29-33,35,41-43,45H,15-18H2,1-14H3;3-5,12-13H,1-2,6-11H2;2-6H,1H3,(H,17,18)/t19-,20-,21+,22?,23-,24+,25+,26-,27+,29-,30+,31-,32+,33-,35+,36-,37-,38-;;/m1../s1. The van der Waals surface area contributed by atoms with E-state index in [1.165, 1.54) is 45.9 Å². The molecule has 0 radical (unpaired) electrons. The van der Waals surface area contributed by atoms with Crippen molar-refractivity contribution >= 4 is 40.9 Å². The molecule has 4 saturated heterocycles. The van der Waals surface area contributed by atoms with Crippen LogP contribution in [0.3, 0.4) is 0 Å². The summed E-state index contributed by atoms with van der Waals surface area (Å²) in [5.74, 6) is -3.77. The van der Waals surface area contributed by atoms with E-state index in [1.807, 2.05) is 49.8 Å². The highest BCUT2D eigenvalue weighted by atomic mass is 35.5. The molecule has 4 aliphatic heterocycles. The van der Waals surface area contributed by atoms with E-state index in [9.17, 15) is 48.0 Å². The Kier molecular flexibility index (Phi) is 27.7. The first kappa shape index (κ1) is 76.7. The molecule has 24 nitrogen and oxygen atoms in total. The van der Waals surface area contributed by atoms with E-state index in [0.29, 0.717) is 17.2 Å². The highest BCUT2D eigenvalue weighted by Gasteiger charge is 2.54. The van der Waals surface area contributed by atoms with Gasteiger partial charge in [-0.1, -0.05) is 44.5 Å². The van der Waals surface area contributed by atoms with Crippen molar-refractivity contribution in [3.63, 3.8) is 0 Å². The summed E-state index contributed by atoms with van der Waals surface area (Å²) in [5, 5.41) is 56.4. The number of aliphatic hydroxyl groups is 4. The van der Waals surface area contributed by atoms with Gasteiger partial charge >= 0.3 is 12.1 Å². The number of methoxy groups -OCH3 is 2. The second kappa shape index (κ2) is 33.6. The van der Waals surface area contributed by atoms with Crippen molar-refractivity contribution in [1.82, 2.24) is 34.7 Å². The lowest BCUT2D eigenvalue weighted by atomic mass is 9.74. The lowest BCUT2D eigenvalue weighted by molar-refractivity contribution is -0.319. The zero-order valence-electron chi connectivity index (χ0n) is 56.3. The molecule has 8 rings (SSSR count). The quantitative estimate of drug-likeness (QED) is 0.0532. The molecule has 4 aromatic rings. The minimum absolute atomic E-state index is 0.111. The number of hydrogen-bond acceptors (Lipinski definition) is 22. The summed E-state index contributed by atoms with van der Waals surface area (Å²) in [6.45, 7) is 24.8. The number of ether oxygens (including phenoxy) is 7. The van der Waals surface area contributed by atoms with E-state index < -0.39 is 119 Å². The fourth-order valence-corrected chi connectivity index (χ4v) is 12.9. The van der Waals surface area contributed by atoms with Gasteiger partial charge in [-0.15, -0.1) is 0 Å². The van der Waals surface area contributed by atoms with Crippen LogP contribution in [0.1, 0.15) is 129 Å². The molecule has 4 fully saturated rings. The minimum Gasteiger partial charge on any atom is -0.459 e. The zero-order valence-corrected chi connectivity index (χ0v) is 57.0. The largest absolute Gasteiger partial charge is 0.459 e. The molecule has 28 heteroatoms. The number of esters is 1. The van der Waals surface area contributed by atoms with E-state index in [4.69, 9.17) is 49.3 Å². The molecular weight excluding hydrogens is 1240 g/mol. The summed E-state index contributed by atoms with van der Waals surface area (Å²) in [7, 11) is 6.77. The number of carbonyl (C=O) groups is 3. The second-order valence-corrected chi connectivity index (χ2v) is 26.4. The van der Waals surface area contributed by atoms with Crippen LogP contribution in [0.5, 0.6) is 0 Å². The van der Waals surface area contributed by atoms with Crippen LogP contribution in [0.25, 0.3) is 0 Å². The molecule has 0 saturated carbocycles. The number of unbranched alkanes of at least 4 members (excludes halogenated alkanes) is 1. The van der Waals surface area contributed by atoms with Gasteiger partial charge < -0.3 is 73.2 Å². The number of alkyl halides is 3. The van der Waals surface area contributed by atoms with E-state index in [2.05, 4.69) is 35.3 Å². The number of ketones is 1. The maximum Gasteiger partial charge on any atom is 0.416 e. The van der Waals surface area contributed by atoms with Gasteiger partial charge in [0.25, 0.3) is 5.91 Å². The highest BCUT2D eigenvalue weighted by Crippen LogP contribution is 2.42. The van der Waals surface area contributed by atoms with E-state index >= 15 is 0 Å². The number of carbonyl (C=O) groups excluding carboxylic acids is 3. The molecule has 18 atom stereocenters. The summed E-state index contributed by atoms with van der Waals surface area (Å²) in [5.41, 5.74) is -4.52. The van der Waals surface area contributed by atoms with Crippen molar-refractivity contribution in [1.29, 1.82) is 0 Å². The molecule has 0 bridgehead atoms. The van der Waals surface area contributed by atoms with Crippen molar-refractivity contribution in [2.75, 3.05) is 71.3 Å². The number of aliphatic hydroxyl groups excluding tert-OH is 3. The summed E-state index contributed by atoms with van der Waals surface area (Å²) < 4.78 is 87.6. The van der Waals surface area contributed by atoms with Crippen LogP contribution in [0.15, 0.2) is 65.8 Å². The Balaban J connectivity index is 0.000000270. The summed E-state index contributed by atoms with van der Waals surface area (Å²) in [4.78, 5) is 55.2. The number of nitrogens with one attached hydrogen (secondary N) is 1. The van der Waals surface area contributed by atoms with Crippen molar-refractivity contribution in [2.45, 2.75) is 212 Å². The first-order chi connectivity index (χ1) is 43.7. The summed E-state index contributed by atoms with van der Waals surface area (Å²) >= 11 is 5.85. The SMILES string of the molecule is CC[C@H]1OC(=O)[C@H](C)[C@@H](O[C@H]2C[C@@](C)(OC)[C@@H](O)[C@H](C)O2)C(C)[C@@H](O[C@@H]2O[C@H](C)C[C@H](N(C)C)[C@H]2O)[C@](C)(OC)C[C@@H](C)C(=O)[C@H](C)[C@@H](O)[C@]1(C)O.Cc1oncc1C(=O)Nc1ccc(C(F)(F)F)cc1.Clc1cnn(CCCCN2CCN(c3ncccn3)CC2)c1. The molecule has 1 amide bonds. The predicted molar refractivity (Wildman–Crippen MR) is 339 cm³/mol. The number of amides is 1. The third-order valence-corrected chi connectivity index (χ3v) is 18.9. The Morgan fingerprint density at radius 2 is 1.49 bits per heavy atom. The number of nitrogens with zero attached hydrogens (tertiary/aromatic N) is 8. The van der Waals surface area contributed by atoms with Crippen molar-refractivity contribution in [2.24, 2.45) is 23.7 Å². The first-order valence-corrected chi connectivity index (χ1v) is 32.3. The van der Waals surface area contributed by atoms with Crippen molar-refractivity contribution in [3.05, 3.63) is 83.2 Å². The van der Waals surface area contributed by atoms with Crippen LogP contribution in [-0.4, -0.2) is 218 Å². The Hall–Kier alpha value is -5.27. The van der Waals surface area contributed by atoms with E-state index in [1.54, 1.807) is 74.0 Å². The molecule has 93 heavy (non-hydrogen) atoms. The van der Waals surface area contributed by atoms with E-state index in [0.717, 1.165) is 63.8 Å². The summed E-state index contributed by atoms with van der Waals surface area (Å²) in [6, 6.07) is 5.74. The molecule has 0 spiro atoms. The van der Waals surface area contributed by atoms with Gasteiger partial charge in [0.2, 0.25) is 5.95 Å². The third kappa shape index (κ3) is 19.9. The molecule has 0 aliphatic carbocycles. The molecular formula is C65H99ClF3N9O15. The average molecular weight is 1340 g/mol. The lowest BCUT2D eigenvalue weighted by Crippen LogP contribution is -2.61. The van der Waals surface area contributed by atoms with Gasteiger partial charge in [0.15, 0.2) is 12.6 Å². The fraction of sp³-hybridized carbons (Fsp3) is 0.708. The predicted octanol–water partition coefficient (Wildman–Crippen LogP) is 7.62. The van der Waals surface area contributed by atoms with Crippen molar-refractivity contribution in [3.8, 4) is 0 Å². The number of aromatic nitrogens is 5. The van der Waals surface area contributed by atoms with Crippen LogP contribution in [0.4, 0.5) is 24.8 Å². The Labute approximate surface area is 549 Å². The molecule has 522 valence electrons. The van der Waals surface area contributed by atoms with E-state index in [-0.39, 0.29) is 48.4 Å². The number of anilines is 2. The molecule has 7 heterocycles. The minimum atomic E-state index is -4.40. The van der Waals surface area contributed by atoms with Crippen molar-refractivity contribution < 1.29 is 85.7 Å². The normalized spacial score (nSPS) is 33.5. The monoisotopic (exact) mass is 1340 g/mol. The third-order valence-electron chi connectivity index (χ3n) is 18.7. The fourth-order valence-electron chi connectivity index (χ4n) is 12.7. The number of piperazine rings is 1. The summed E-state index contributed by atoms with van der Waals surface area (Å²) in [6.07, 6.45) is -2.41. The van der Waals surface area contributed by atoms with Gasteiger partial charge in [0, 0.05) is 101 Å². The highest BCUT2D eigenvalue weighted by molar-refractivity contribution is 6.30. The number of benzene rings is 1. The smallest absolute Gasteiger partial charge is 0.416 e. The van der Waals surface area contributed by atoms with Crippen LogP contribution in [-0.2, 0) is 55.5 Å². The van der Waals surface area contributed by atoms with Gasteiger partial charge in [-0.05, 0) is 132 Å². The Bertz CT molecular complexity index is 2960. The molecule has 1 unspecified atom stereocenters. The van der Waals surface area contributed by atoms with Gasteiger partial charge in [-0.3, -0.25) is 24.0 Å². The molecule has 4 aliphatic rings. The van der Waals surface area contributed by atoms with Crippen LogP contribution < -0.4 is 10.2 Å². The number of aryl methyl sites for hydroxylation is 2. The van der Waals surface area contributed by atoms with Gasteiger partial charge in [-0.25, -0.2) is 9.97 Å². The van der Waals surface area contributed by atoms with Crippen LogP contribution in [0, 0.1) is 30.6 Å². The molecule has 3 aromatic heterocycles. The second-order valence-electron chi connectivity index (χ2n) is 26.0. The Morgan fingerprint density at radius 1 is 0.860 bits per heavy atom. The van der Waals surface area contributed by atoms with Gasteiger partial charge in [0.1, 0.15) is 41.0 Å².